The van der Waals surface area contributed by atoms with Crippen LogP contribution in [0.1, 0.15) is 58.9 Å². The molecule has 35 heavy (non-hydrogen) atoms. The number of amides is 3. The largest absolute Gasteiger partial charge is 0.295 e. The molecule has 0 saturated carbocycles. The molecule has 0 aromatic heterocycles. The number of benzene rings is 1. The summed E-state index contributed by atoms with van der Waals surface area (Å²) in [6, 6.07) is 9.42. The zero-order valence-electron chi connectivity index (χ0n) is 21.7. The number of carbonyl (C=O) groups is 3. The summed E-state index contributed by atoms with van der Waals surface area (Å²) in [5.74, 6) is -2.33. The monoisotopic (exact) mass is 486 g/mol. The lowest BCUT2D eigenvalue weighted by Gasteiger charge is -2.33. The van der Waals surface area contributed by atoms with Gasteiger partial charge in [0.25, 0.3) is 5.91 Å². The number of hydrogen-bond donors (Lipinski definition) is 3. The van der Waals surface area contributed by atoms with Crippen LogP contribution in [0.3, 0.4) is 0 Å². The van der Waals surface area contributed by atoms with Crippen molar-refractivity contribution in [1.29, 1.82) is 0 Å². The number of allylic oxidation sites excluding steroid dienone is 1. The second-order valence-electron chi connectivity index (χ2n) is 10.3. The molecular weight excluding hydrogens is 444 g/mol. The van der Waals surface area contributed by atoms with E-state index in [4.69, 9.17) is 0 Å². The third-order valence-corrected chi connectivity index (χ3v) is 6.36. The second-order valence-corrected chi connectivity index (χ2v) is 10.3. The SMILES string of the molecule is CC(C)C[C@@H](C(=O)NN(CC(C)C)C(=O)[C@H]1CCCN1C)[C@H](CC=Cc1ccccc1)C(=O)NO. The Balaban J connectivity index is 2.25. The smallest absolute Gasteiger partial charge is 0.258 e. The van der Waals surface area contributed by atoms with Crippen molar-refractivity contribution in [2.45, 2.75) is 59.4 Å². The summed E-state index contributed by atoms with van der Waals surface area (Å²) in [6.07, 6.45) is 6.16. The molecule has 3 amide bonds. The summed E-state index contributed by atoms with van der Waals surface area (Å²) in [6.45, 7) is 9.19. The molecule has 2 rings (SSSR count). The number of likely N-dealkylation sites (tertiary alicyclic amines) is 1. The zero-order chi connectivity index (χ0) is 26.0. The molecule has 1 heterocycles. The van der Waals surface area contributed by atoms with Crippen LogP contribution >= 0.6 is 0 Å². The van der Waals surface area contributed by atoms with Crippen molar-refractivity contribution in [2.75, 3.05) is 20.1 Å². The Morgan fingerprint density at radius 1 is 1.09 bits per heavy atom. The molecule has 0 spiro atoms. The molecular formula is C27H42N4O4. The summed E-state index contributed by atoms with van der Waals surface area (Å²) in [5, 5.41) is 10.9. The fourth-order valence-electron chi connectivity index (χ4n) is 4.59. The topological polar surface area (TPSA) is 102 Å². The Bertz CT molecular complexity index is 856. The first kappa shape index (κ1) is 28.5. The standard InChI is InChI=1S/C27H42N4O4/c1-19(2)17-23(22(26(33)29-35)14-9-13-21-11-7-6-8-12-21)25(32)28-31(18-20(3)4)27(34)24-15-10-16-30(24)5/h6-9,11-13,19-20,22-24,35H,10,14-18H2,1-5H3,(H,28,32)(H,29,33)/t22-,23+,24+/m0/s1. The van der Waals surface area contributed by atoms with Crippen LogP contribution in [0.4, 0.5) is 0 Å². The first-order valence-corrected chi connectivity index (χ1v) is 12.6. The van der Waals surface area contributed by atoms with E-state index >= 15 is 0 Å². The van der Waals surface area contributed by atoms with Gasteiger partial charge >= 0.3 is 0 Å². The predicted molar refractivity (Wildman–Crippen MR) is 137 cm³/mol. The minimum Gasteiger partial charge on any atom is -0.295 e. The molecule has 1 aliphatic heterocycles. The third-order valence-electron chi connectivity index (χ3n) is 6.36. The van der Waals surface area contributed by atoms with Gasteiger partial charge in [-0.2, -0.15) is 0 Å². The molecule has 3 N–H and O–H groups in total. The third kappa shape index (κ3) is 8.78. The van der Waals surface area contributed by atoms with Crippen LogP contribution in [0.2, 0.25) is 0 Å². The molecule has 0 bridgehead atoms. The predicted octanol–water partition coefficient (Wildman–Crippen LogP) is 3.48. The maximum Gasteiger partial charge on any atom is 0.258 e. The molecule has 0 radical (unpaired) electrons. The molecule has 3 atom stereocenters. The van der Waals surface area contributed by atoms with Gasteiger partial charge in [-0.15, -0.1) is 0 Å². The van der Waals surface area contributed by atoms with E-state index in [2.05, 4.69) is 5.43 Å². The average Bonchev–Trinajstić information content (AvgIpc) is 3.25. The van der Waals surface area contributed by atoms with E-state index in [0.717, 1.165) is 24.9 Å². The Labute approximate surface area is 209 Å². The molecule has 1 aliphatic rings. The Morgan fingerprint density at radius 3 is 2.31 bits per heavy atom. The number of nitrogens with one attached hydrogen (secondary N) is 2. The summed E-state index contributed by atoms with van der Waals surface area (Å²) in [5.41, 5.74) is 5.57. The highest BCUT2D eigenvalue weighted by atomic mass is 16.5. The van der Waals surface area contributed by atoms with Gasteiger partial charge in [0.2, 0.25) is 11.8 Å². The van der Waals surface area contributed by atoms with Gasteiger partial charge in [0.15, 0.2) is 0 Å². The molecule has 1 aromatic carbocycles. The van der Waals surface area contributed by atoms with Gasteiger partial charge in [-0.25, -0.2) is 5.48 Å². The van der Waals surface area contributed by atoms with Gasteiger partial charge in [-0.1, -0.05) is 70.2 Å². The highest BCUT2D eigenvalue weighted by Gasteiger charge is 2.37. The van der Waals surface area contributed by atoms with Crippen LogP contribution in [0.15, 0.2) is 36.4 Å². The number of hydrazine groups is 1. The maximum atomic E-state index is 13.6. The minimum absolute atomic E-state index is 0.123. The van der Waals surface area contributed by atoms with Crippen LogP contribution in [-0.2, 0) is 14.4 Å². The highest BCUT2D eigenvalue weighted by molar-refractivity contribution is 5.90. The molecule has 0 aliphatic carbocycles. The number of hydroxylamine groups is 1. The normalized spacial score (nSPS) is 18.1. The number of carbonyl (C=O) groups excluding carboxylic acids is 3. The number of hydrogen-bond acceptors (Lipinski definition) is 5. The molecule has 1 aromatic rings. The van der Waals surface area contributed by atoms with Crippen molar-refractivity contribution < 1.29 is 19.6 Å². The fraction of sp³-hybridized carbons (Fsp3) is 0.593. The van der Waals surface area contributed by atoms with E-state index in [-0.39, 0.29) is 36.1 Å². The Kier molecular flexibility index (Phi) is 11.4. The number of rotatable bonds is 11. The summed E-state index contributed by atoms with van der Waals surface area (Å²) < 4.78 is 0. The van der Waals surface area contributed by atoms with E-state index in [1.165, 1.54) is 5.01 Å². The van der Waals surface area contributed by atoms with Crippen molar-refractivity contribution in [3.8, 4) is 0 Å². The van der Waals surface area contributed by atoms with Crippen LogP contribution < -0.4 is 10.9 Å². The van der Waals surface area contributed by atoms with Gasteiger partial charge in [0.05, 0.1) is 17.9 Å². The van der Waals surface area contributed by atoms with Gasteiger partial charge in [0.1, 0.15) is 0 Å². The van der Waals surface area contributed by atoms with Gasteiger partial charge < -0.3 is 0 Å². The lowest BCUT2D eigenvalue weighted by atomic mass is 9.82. The van der Waals surface area contributed by atoms with Crippen LogP contribution in [0.25, 0.3) is 6.08 Å². The van der Waals surface area contributed by atoms with E-state index in [9.17, 15) is 19.6 Å². The van der Waals surface area contributed by atoms with Crippen LogP contribution in [-0.4, -0.2) is 59.0 Å². The Morgan fingerprint density at radius 2 is 1.77 bits per heavy atom. The number of likely N-dealkylation sites (N-methyl/N-ethyl adjacent to an activating group) is 1. The molecule has 8 nitrogen and oxygen atoms in total. The van der Waals surface area contributed by atoms with Crippen LogP contribution in [0.5, 0.6) is 0 Å². The second kappa shape index (κ2) is 14.0. The van der Waals surface area contributed by atoms with Crippen LogP contribution in [0, 0.1) is 23.7 Å². The van der Waals surface area contributed by atoms with Gasteiger partial charge in [-0.05, 0) is 56.7 Å². The first-order chi connectivity index (χ1) is 16.6. The summed E-state index contributed by atoms with van der Waals surface area (Å²) in [4.78, 5) is 41.5. The zero-order valence-corrected chi connectivity index (χ0v) is 21.7. The minimum atomic E-state index is -0.785. The van der Waals surface area contributed by atoms with Gasteiger partial charge in [-0.3, -0.25) is 34.9 Å². The van der Waals surface area contributed by atoms with Crippen molar-refractivity contribution in [3.63, 3.8) is 0 Å². The fourth-order valence-corrected chi connectivity index (χ4v) is 4.59. The number of nitrogens with zero attached hydrogens (tertiary/aromatic N) is 2. The molecule has 8 heteroatoms. The molecule has 0 unspecified atom stereocenters. The average molecular weight is 487 g/mol. The Hall–Kier alpha value is -2.71. The van der Waals surface area contributed by atoms with Crippen molar-refractivity contribution in [3.05, 3.63) is 42.0 Å². The van der Waals surface area contributed by atoms with Gasteiger partial charge in [0, 0.05) is 6.54 Å². The summed E-state index contributed by atoms with van der Waals surface area (Å²) in [7, 11) is 1.92. The van der Waals surface area contributed by atoms with E-state index in [1.807, 2.05) is 82.1 Å². The highest BCUT2D eigenvalue weighted by Crippen LogP contribution is 2.26. The van der Waals surface area contributed by atoms with E-state index < -0.39 is 17.7 Å². The summed E-state index contributed by atoms with van der Waals surface area (Å²) >= 11 is 0. The van der Waals surface area contributed by atoms with Crippen molar-refractivity contribution in [1.82, 2.24) is 20.8 Å². The maximum absolute atomic E-state index is 13.6. The molecule has 1 fully saturated rings. The van der Waals surface area contributed by atoms with Crippen molar-refractivity contribution >= 4 is 23.8 Å². The molecule has 1 saturated heterocycles. The van der Waals surface area contributed by atoms with E-state index in [0.29, 0.717) is 13.0 Å². The lowest BCUT2D eigenvalue weighted by Crippen LogP contribution is -2.56. The lowest BCUT2D eigenvalue weighted by molar-refractivity contribution is -0.149. The van der Waals surface area contributed by atoms with Crippen molar-refractivity contribution in [2.24, 2.45) is 23.7 Å². The first-order valence-electron chi connectivity index (χ1n) is 12.6. The van der Waals surface area contributed by atoms with E-state index in [1.54, 1.807) is 5.48 Å². The quantitative estimate of drug-likeness (QED) is 0.328. The molecule has 194 valence electrons.